The third-order valence-electron chi connectivity index (χ3n) is 4.44. The molecule has 3 aliphatic rings. The van der Waals surface area contributed by atoms with Crippen LogP contribution in [0.2, 0.25) is 0 Å². The number of hydrogen-bond acceptors (Lipinski definition) is 5. The zero-order chi connectivity index (χ0) is 14.9. The van der Waals surface area contributed by atoms with Crippen LogP contribution in [-0.4, -0.2) is 42.8 Å². The normalized spacial score (nSPS) is 21.5. The average Bonchev–Trinajstić information content (AvgIpc) is 3.47. The van der Waals surface area contributed by atoms with Crippen LogP contribution in [0.3, 0.4) is 0 Å². The second kappa shape index (κ2) is 6.02. The van der Waals surface area contributed by atoms with Crippen molar-refractivity contribution >= 4 is 17.7 Å². The Morgan fingerprint density at radius 3 is 2.86 bits per heavy atom. The average molecular weight is 319 g/mol. The van der Waals surface area contributed by atoms with Gasteiger partial charge in [0.2, 0.25) is 11.1 Å². The van der Waals surface area contributed by atoms with Gasteiger partial charge in [0.05, 0.1) is 11.8 Å². The first kappa shape index (κ1) is 14.2. The molecule has 3 aliphatic carbocycles. The summed E-state index contributed by atoms with van der Waals surface area (Å²) in [4.78, 5) is 14.8. The maximum atomic E-state index is 12.7. The number of amides is 1. The van der Waals surface area contributed by atoms with Crippen molar-refractivity contribution in [3.63, 3.8) is 0 Å². The van der Waals surface area contributed by atoms with Crippen LogP contribution in [0.5, 0.6) is 0 Å². The number of aromatic nitrogens is 4. The number of carbonyl (C=O) groups is 1. The predicted octanol–water partition coefficient (Wildman–Crippen LogP) is 2.55. The Morgan fingerprint density at radius 1 is 1.32 bits per heavy atom. The van der Waals surface area contributed by atoms with Gasteiger partial charge in [0.1, 0.15) is 0 Å². The smallest absolute Gasteiger partial charge is 0.237 e. The highest BCUT2D eigenvalue weighted by atomic mass is 32.2. The van der Waals surface area contributed by atoms with Crippen LogP contribution in [0, 0.1) is 0 Å². The number of tetrazole rings is 1. The van der Waals surface area contributed by atoms with Gasteiger partial charge in [0, 0.05) is 11.7 Å². The van der Waals surface area contributed by atoms with E-state index in [4.69, 9.17) is 0 Å². The van der Waals surface area contributed by atoms with Crippen LogP contribution < -0.4 is 0 Å². The summed E-state index contributed by atoms with van der Waals surface area (Å²) < 4.78 is 1.87. The van der Waals surface area contributed by atoms with E-state index in [1.54, 1.807) is 0 Å². The minimum absolute atomic E-state index is 0.214. The fourth-order valence-corrected chi connectivity index (χ4v) is 3.80. The first-order chi connectivity index (χ1) is 10.8. The molecule has 0 bridgehead atoms. The Balaban J connectivity index is 1.41. The summed E-state index contributed by atoms with van der Waals surface area (Å²) in [6, 6.07) is 0.894. The number of thioether (sulfide) groups is 1. The quantitative estimate of drug-likeness (QED) is 0.754. The molecule has 0 radical (unpaired) electrons. The van der Waals surface area contributed by atoms with Crippen molar-refractivity contribution in [3.8, 4) is 0 Å². The van der Waals surface area contributed by atoms with Gasteiger partial charge in [-0.1, -0.05) is 17.8 Å². The molecule has 118 valence electrons. The van der Waals surface area contributed by atoms with E-state index in [1.165, 1.54) is 30.3 Å². The Labute approximate surface area is 134 Å². The molecule has 0 unspecified atom stereocenters. The Kier molecular flexibility index (Phi) is 3.90. The fourth-order valence-electron chi connectivity index (χ4n) is 3.00. The third kappa shape index (κ3) is 3.04. The summed E-state index contributed by atoms with van der Waals surface area (Å²) in [6.07, 6.45) is 11.5. The van der Waals surface area contributed by atoms with Gasteiger partial charge in [0.15, 0.2) is 0 Å². The largest absolute Gasteiger partial charge is 0.313 e. The fraction of sp³-hybridized carbons (Fsp3) is 0.733. The van der Waals surface area contributed by atoms with Gasteiger partial charge in [-0.15, -0.1) is 5.10 Å². The first-order valence-corrected chi connectivity index (χ1v) is 9.23. The van der Waals surface area contributed by atoms with Crippen LogP contribution in [0.1, 0.15) is 57.4 Å². The highest BCUT2D eigenvalue weighted by Gasteiger charge is 2.35. The number of allylic oxidation sites excluding steroid dienone is 2. The minimum atomic E-state index is 0.214. The Morgan fingerprint density at radius 2 is 2.18 bits per heavy atom. The number of nitrogens with zero attached hydrogens (tertiary/aromatic N) is 5. The van der Waals surface area contributed by atoms with Crippen LogP contribution in [0.25, 0.3) is 0 Å². The zero-order valence-electron chi connectivity index (χ0n) is 12.6. The predicted molar refractivity (Wildman–Crippen MR) is 83.2 cm³/mol. The van der Waals surface area contributed by atoms with Gasteiger partial charge in [-0.05, 0) is 61.8 Å². The van der Waals surface area contributed by atoms with E-state index in [2.05, 4.69) is 26.5 Å². The number of carbonyl (C=O) groups excluding carboxylic acids is 1. The molecule has 1 heterocycles. The Bertz CT molecular complexity index is 591. The van der Waals surface area contributed by atoms with E-state index in [0.717, 1.165) is 43.7 Å². The Hall–Kier alpha value is -1.37. The third-order valence-corrected chi connectivity index (χ3v) is 5.36. The second-order valence-corrected chi connectivity index (χ2v) is 7.30. The molecule has 2 fully saturated rings. The molecule has 0 aromatic carbocycles. The van der Waals surface area contributed by atoms with Gasteiger partial charge in [-0.3, -0.25) is 4.79 Å². The molecular formula is C15H21N5OS. The molecule has 0 spiro atoms. The van der Waals surface area contributed by atoms with Crippen molar-refractivity contribution < 1.29 is 4.79 Å². The van der Waals surface area contributed by atoms with Gasteiger partial charge >= 0.3 is 0 Å². The van der Waals surface area contributed by atoms with Crippen molar-refractivity contribution in [1.82, 2.24) is 25.1 Å². The molecule has 0 aliphatic heterocycles. The van der Waals surface area contributed by atoms with E-state index in [0.29, 0.717) is 17.8 Å². The molecule has 0 N–H and O–H groups in total. The van der Waals surface area contributed by atoms with Crippen LogP contribution in [0.15, 0.2) is 16.9 Å². The summed E-state index contributed by atoms with van der Waals surface area (Å²) in [7, 11) is 0. The monoisotopic (exact) mass is 319 g/mol. The molecule has 0 atom stereocenters. The van der Waals surface area contributed by atoms with E-state index in [1.807, 2.05) is 4.68 Å². The van der Waals surface area contributed by atoms with E-state index in [9.17, 15) is 4.79 Å². The SMILES string of the molecule is O=C(CSc1nnnn1C1CC1)N(C1=CCCCC1)C1CC1. The lowest BCUT2D eigenvalue weighted by atomic mass is 10.0. The van der Waals surface area contributed by atoms with Crippen LogP contribution in [-0.2, 0) is 4.79 Å². The lowest BCUT2D eigenvalue weighted by Crippen LogP contribution is -2.34. The molecule has 0 saturated heterocycles. The summed E-state index contributed by atoms with van der Waals surface area (Å²) in [5.41, 5.74) is 1.25. The minimum Gasteiger partial charge on any atom is -0.313 e. The summed E-state index contributed by atoms with van der Waals surface area (Å²) in [5, 5.41) is 12.6. The van der Waals surface area contributed by atoms with Crippen molar-refractivity contribution in [3.05, 3.63) is 11.8 Å². The maximum absolute atomic E-state index is 12.7. The van der Waals surface area contributed by atoms with E-state index < -0.39 is 0 Å². The van der Waals surface area contributed by atoms with Crippen molar-refractivity contribution in [1.29, 1.82) is 0 Å². The van der Waals surface area contributed by atoms with Crippen molar-refractivity contribution in [2.24, 2.45) is 0 Å². The van der Waals surface area contributed by atoms with Crippen LogP contribution in [0.4, 0.5) is 0 Å². The van der Waals surface area contributed by atoms with E-state index in [-0.39, 0.29) is 5.91 Å². The standard InChI is InChI=1S/C15H21N5OS/c21-14(10-22-15-16-17-18-20(15)13-8-9-13)19(12-6-7-12)11-4-2-1-3-5-11/h4,12-13H,1-3,5-10H2. The molecule has 1 aromatic heterocycles. The molecular weight excluding hydrogens is 298 g/mol. The van der Waals surface area contributed by atoms with Crippen LogP contribution >= 0.6 is 11.8 Å². The van der Waals surface area contributed by atoms with Gasteiger partial charge < -0.3 is 4.90 Å². The molecule has 4 rings (SSSR count). The van der Waals surface area contributed by atoms with Gasteiger partial charge in [-0.2, -0.15) is 0 Å². The first-order valence-electron chi connectivity index (χ1n) is 8.24. The van der Waals surface area contributed by atoms with E-state index >= 15 is 0 Å². The lowest BCUT2D eigenvalue weighted by Gasteiger charge is -2.27. The molecule has 22 heavy (non-hydrogen) atoms. The maximum Gasteiger partial charge on any atom is 0.237 e. The van der Waals surface area contributed by atoms with Crippen molar-refractivity contribution in [2.45, 2.75) is 68.6 Å². The highest BCUT2D eigenvalue weighted by molar-refractivity contribution is 7.99. The molecule has 1 amide bonds. The summed E-state index contributed by atoms with van der Waals surface area (Å²) >= 11 is 1.48. The molecule has 2 saturated carbocycles. The number of rotatable bonds is 6. The molecule has 7 heteroatoms. The van der Waals surface area contributed by atoms with Gasteiger partial charge in [0.25, 0.3) is 0 Å². The topological polar surface area (TPSA) is 63.9 Å². The molecule has 6 nitrogen and oxygen atoms in total. The highest BCUT2D eigenvalue weighted by Crippen LogP contribution is 2.37. The molecule has 1 aromatic rings. The number of hydrogen-bond donors (Lipinski definition) is 0. The summed E-state index contributed by atoms with van der Waals surface area (Å²) in [5.74, 6) is 0.645. The summed E-state index contributed by atoms with van der Waals surface area (Å²) in [6.45, 7) is 0. The van der Waals surface area contributed by atoms with Gasteiger partial charge in [-0.25, -0.2) is 4.68 Å². The zero-order valence-corrected chi connectivity index (χ0v) is 13.5. The second-order valence-electron chi connectivity index (χ2n) is 6.36. The van der Waals surface area contributed by atoms with Crippen molar-refractivity contribution in [2.75, 3.05) is 5.75 Å². The lowest BCUT2D eigenvalue weighted by molar-refractivity contribution is -0.127.